The summed E-state index contributed by atoms with van der Waals surface area (Å²) in [6.07, 6.45) is 43.0. The van der Waals surface area contributed by atoms with Gasteiger partial charge in [-0.1, -0.05) is 127 Å². The Morgan fingerprint density at radius 1 is 0.523 bits per heavy atom. The van der Waals surface area contributed by atoms with Crippen molar-refractivity contribution in [2.24, 2.45) is 0 Å². The van der Waals surface area contributed by atoms with Crippen LogP contribution in [0.1, 0.15) is 168 Å². The average Bonchev–Trinajstić information content (AvgIpc) is 3.02. The van der Waals surface area contributed by atoms with Crippen LogP contribution in [0.25, 0.3) is 0 Å². The van der Waals surface area contributed by atoms with Crippen LogP contribution in [0.3, 0.4) is 0 Å². The Bertz CT molecular complexity index is 752. The molecule has 0 aliphatic rings. The lowest BCUT2D eigenvalue weighted by Gasteiger charge is -2.15. The summed E-state index contributed by atoms with van der Waals surface area (Å²) in [6, 6.07) is 0. The molecule has 5 nitrogen and oxygen atoms in total. The molecule has 0 radical (unpaired) electrons. The van der Waals surface area contributed by atoms with Gasteiger partial charge in [0.25, 0.3) is 0 Å². The first-order valence-electron chi connectivity index (χ1n) is 18.2. The van der Waals surface area contributed by atoms with Gasteiger partial charge in [0.05, 0.1) is 6.61 Å². The molecule has 0 aliphatic heterocycles. The summed E-state index contributed by atoms with van der Waals surface area (Å²) in [4.78, 5) is 24.2. The molecule has 0 bridgehead atoms. The summed E-state index contributed by atoms with van der Waals surface area (Å²) in [7, 11) is 0. The Hall–Kier alpha value is -2.14. The number of aliphatic hydroxyl groups excluding tert-OH is 1. The van der Waals surface area contributed by atoms with Gasteiger partial charge in [0.2, 0.25) is 0 Å². The number of esters is 2. The number of aliphatic hydroxyl groups is 1. The SMILES string of the molecule is CCCCCC=CCC=CCCCCCCCC(=O)OC[C@H](CO)OC(=O)CCCCCCCC=CCC=CCCCCC. The summed E-state index contributed by atoms with van der Waals surface area (Å²) < 4.78 is 10.6. The standard InChI is InChI=1S/C39H68O5/c1-3-5-7-9-11-13-15-17-19-21-23-25-27-29-31-33-38(41)43-36-37(35-40)44-39(42)34-32-30-28-26-24-22-20-18-16-14-12-10-8-6-4-2/h11-14,17-20,37,40H,3-10,15-16,21-36H2,1-2H3/t37-/m0/s1. The zero-order valence-electron chi connectivity index (χ0n) is 28.7. The highest BCUT2D eigenvalue weighted by molar-refractivity contribution is 5.70. The second kappa shape index (κ2) is 35.3. The van der Waals surface area contributed by atoms with Crippen molar-refractivity contribution in [2.75, 3.05) is 13.2 Å². The van der Waals surface area contributed by atoms with E-state index < -0.39 is 6.10 Å². The molecule has 0 aliphatic carbocycles. The Labute approximate surface area is 271 Å². The minimum atomic E-state index is -0.783. The highest BCUT2D eigenvalue weighted by atomic mass is 16.6. The number of carbonyl (C=O) groups is 2. The summed E-state index contributed by atoms with van der Waals surface area (Å²) in [5.41, 5.74) is 0. The van der Waals surface area contributed by atoms with Gasteiger partial charge < -0.3 is 14.6 Å². The maximum absolute atomic E-state index is 12.1. The quantitative estimate of drug-likeness (QED) is 0.0462. The zero-order chi connectivity index (χ0) is 32.2. The third-order valence-corrected chi connectivity index (χ3v) is 7.60. The first-order chi connectivity index (χ1) is 21.6. The number of ether oxygens (including phenoxy) is 2. The molecule has 254 valence electrons. The van der Waals surface area contributed by atoms with E-state index in [2.05, 4.69) is 62.5 Å². The second-order valence-electron chi connectivity index (χ2n) is 11.9. The number of hydrogen-bond acceptors (Lipinski definition) is 5. The van der Waals surface area contributed by atoms with Crippen LogP contribution in [0.4, 0.5) is 0 Å². The van der Waals surface area contributed by atoms with E-state index in [-0.39, 0.29) is 25.2 Å². The van der Waals surface area contributed by atoms with Crippen molar-refractivity contribution in [3.63, 3.8) is 0 Å². The minimum absolute atomic E-state index is 0.0799. The number of rotatable bonds is 32. The first kappa shape index (κ1) is 41.9. The van der Waals surface area contributed by atoms with Crippen molar-refractivity contribution in [1.82, 2.24) is 0 Å². The van der Waals surface area contributed by atoms with Crippen molar-refractivity contribution in [1.29, 1.82) is 0 Å². The predicted molar refractivity (Wildman–Crippen MR) is 187 cm³/mol. The van der Waals surface area contributed by atoms with Crippen LogP contribution in [0.5, 0.6) is 0 Å². The molecule has 0 saturated heterocycles. The van der Waals surface area contributed by atoms with Crippen LogP contribution in [0.15, 0.2) is 48.6 Å². The fourth-order valence-corrected chi connectivity index (χ4v) is 4.79. The Morgan fingerprint density at radius 2 is 0.909 bits per heavy atom. The van der Waals surface area contributed by atoms with Crippen molar-refractivity contribution in [2.45, 2.75) is 174 Å². The molecule has 0 aromatic carbocycles. The average molecular weight is 617 g/mol. The molecular weight excluding hydrogens is 548 g/mol. The van der Waals surface area contributed by atoms with Gasteiger partial charge in [-0.25, -0.2) is 0 Å². The molecular formula is C39H68O5. The summed E-state index contributed by atoms with van der Waals surface area (Å²) >= 11 is 0. The van der Waals surface area contributed by atoms with Gasteiger partial charge in [-0.2, -0.15) is 0 Å². The van der Waals surface area contributed by atoms with E-state index >= 15 is 0 Å². The van der Waals surface area contributed by atoms with Crippen LogP contribution in [0.2, 0.25) is 0 Å². The third-order valence-electron chi connectivity index (χ3n) is 7.60. The maximum Gasteiger partial charge on any atom is 0.306 e. The molecule has 0 amide bonds. The van der Waals surface area contributed by atoms with Gasteiger partial charge >= 0.3 is 11.9 Å². The molecule has 0 heterocycles. The number of hydrogen-bond donors (Lipinski definition) is 1. The highest BCUT2D eigenvalue weighted by Gasteiger charge is 2.16. The van der Waals surface area contributed by atoms with Gasteiger partial charge in [-0.3, -0.25) is 9.59 Å². The first-order valence-corrected chi connectivity index (χ1v) is 18.2. The molecule has 44 heavy (non-hydrogen) atoms. The van der Waals surface area contributed by atoms with Gasteiger partial charge in [0.15, 0.2) is 6.10 Å². The van der Waals surface area contributed by atoms with Crippen molar-refractivity contribution in [3.8, 4) is 0 Å². The van der Waals surface area contributed by atoms with E-state index in [1.807, 2.05) is 0 Å². The smallest absolute Gasteiger partial charge is 0.306 e. The molecule has 1 atom stereocenters. The number of unbranched alkanes of at least 4 members (excludes halogenated alkanes) is 16. The van der Waals surface area contributed by atoms with E-state index in [4.69, 9.17) is 9.47 Å². The Morgan fingerprint density at radius 3 is 1.34 bits per heavy atom. The molecule has 0 spiro atoms. The molecule has 0 aromatic heterocycles. The van der Waals surface area contributed by atoms with Crippen LogP contribution < -0.4 is 0 Å². The lowest BCUT2D eigenvalue weighted by molar-refractivity contribution is -0.161. The summed E-state index contributed by atoms with van der Waals surface area (Å²) in [5, 5.41) is 9.52. The number of allylic oxidation sites excluding steroid dienone is 8. The van der Waals surface area contributed by atoms with E-state index in [1.165, 1.54) is 70.6 Å². The van der Waals surface area contributed by atoms with Crippen molar-refractivity contribution in [3.05, 3.63) is 48.6 Å². The molecule has 1 N–H and O–H groups in total. The van der Waals surface area contributed by atoms with Gasteiger partial charge in [0.1, 0.15) is 6.61 Å². The van der Waals surface area contributed by atoms with Gasteiger partial charge in [-0.05, 0) is 77.0 Å². The van der Waals surface area contributed by atoms with E-state index in [1.54, 1.807) is 0 Å². The maximum atomic E-state index is 12.1. The highest BCUT2D eigenvalue weighted by Crippen LogP contribution is 2.11. The van der Waals surface area contributed by atoms with E-state index in [0.29, 0.717) is 12.8 Å². The molecule has 0 aromatic rings. The van der Waals surface area contributed by atoms with E-state index in [9.17, 15) is 14.7 Å². The monoisotopic (exact) mass is 617 g/mol. The lowest BCUT2D eigenvalue weighted by atomic mass is 10.1. The lowest BCUT2D eigenvalue weighted by Crippen LogP contribution is -2.28. The van der Waals surface area contributed by atoms with Gasteiger partial charge in [-0.15, -0.1) is 0 Å². The van der Waals surface area contributed by atoms with Crippen LogP contribution in [-0.4, -0.2) is 36.4 Å². The van der Waals surface area contributed by atoms with Crippen LogP contribution in [0, 0.1) is 0 Å². The largest absolute Gasteiger partial charge is 0.462 e. The number of carbonyl (C=O) groups excluding carboxylic acids is 2. The molecule has 5 heteroatoms. The molecule has 0 saturated carbocycles. The summed E-state index contributed by atoms with van der Waals surface area (Å²) in [6.45, 7) is 4.04. The fraction of sp³-hybridized carbons (Fsp3) is 0.744. The van der Waals surface area contributed by atoms with Crippen LogP contribution in [-0.2, 0) is 19.1 Å². The van der Waals surface area contributed by atoms with E-state index in [0.717, 1.165) is 70.6 Å². The Kier molecular flexibility index (Phi) is 33.6. The fourth-order valence-electron chi connectivity index (χ4n) is 4.79. The predicted octanol–water partition coefficient (Wildman–Crippen LogP) is 11.1. The van der Waals surface area contributed by atoms with Gasteiger partial charge in [0, 0.05) is 12.8 Å². The zero-order valence-corrected chi connectivity index (χ0v) is 28.7. The Balaban J connectivity index is 3.64. The topological polar surface area (TPSA) is 72.8 Å². The van der Waals surface area contributed by atoms with Crippen LogP contribution >= 0.6 is 0 Å². The summed E-state index contributed by atoms with van der Waals surface area (Å²) in [5.74, 6) is -0.626. The molecule has 0 unspecified atom stereocenters. The molecule has 0 fully saturated rings. The molecule has 0 rings (SSSR count). The normalized spacial score (nSPS) is 12.7. The second-order valence-corrected chi connectivity index (χ2v) is 11.9. The third kappa shape index (κ3) is 32.8. The van der Waals surface area contributed by atoms with Crippen molar-refractivity contribution >= 4 is 11.9 Å². The van der Waals surface area contributed by atoms with Crippen molar-refractivity contribution < 1.29 is 24.2 Å². The minimum Gasteiger partial charge on any atom is -0.462 e.